The number of aliphatic hydroxyl groups excluding tert-OH is 1. The van der Waals surface area contributed by atoms with E-state index in [0.717, 1.165) is 0 Å². The normalized spacial score (nSPS) is 36.5. The monoisotopic (exact) mass is 180 g/mol. The molecule has 0 fully saturated rings. The van der Waals surface area contributed by atoms with Crippen LogP contribution in [0, 0.1) is 0 Å². The SMILES string of the molecule is O[C@H]1C=C[C@H](O[C@@H]2C=CC=CO2)C1. The van der Waals surface area contributed by atoms with Gasteiger partial charge in [0.05, 0.1) is 18.5 Å². The third-order valence-electron chi connectivity index (χ3n) is 2.00. The van der Waals surface area contributed by atoms with Crippen molar-refractivity contribution in [1.29, 1.82) is 0 Å². The fraction of sp³-hybridized carbons (Fsp3) is 0.400. The highest BCUT2D eigenvalue weighted by Crippen LogP contribution is 2.17. The van der Waals surface area contributed by atoms with Gasteiger partial charge >= 0.3 is 0 Å². The van der Waals surface area contributed by atoms with Crippen molar-refractivity contribution < 1.29 is 14.6 Å². The van der Waals surface area contributed by atoms with Crippen LogP contribution in [-0.4, -0.2) is 23.6 Å². The summed E-state index contributed by atoms with van der Waals surface area (Å²) >= 11 is 0. The molecule has 0 amide bonds. The Morgan fingerprint density at radius 3 is 2.77 bits per heavy atom. The fourth-order valence-corrected chi connectivity index (χ4v) is 1.37. The molecule has 70 valence electrons. The molecule has 1 heterocycles. The predicted octanol–water partition coefficient (Wildman–Crippen LogP) is 1.12. The van der Waals surface area contributed by atoms with E-state index in [1.54, 1.807) is 18.4 Å². The zero-order chi connectivity index (χ0) is 9.10. The standard InChI is InChI=1S/C10H12O3/c11-8-4-5-9(7-8)13-10-3-1-2-6-12-10/h1-6,8-11H,7H2/t8-,9-,10+/m0/s1. The van der Waals surface area contributed by atoms with Gasteiger partial charge in [0.15, 0.2) is 0 Å². The van der Waals surface area contributed by atoms with Crippen molar-refractivity contribution in [3.63, 3.8) is 0 Å². The molecule has 0 aromatic rings. The first-order chi connectivity index (χ1) is 6.34. The summed E-state index contributed by atoms with van der Waals surface area (Å²) in [6.07, 6.45) is 10.6. The van der Waals surface area contributed by atoms with Crippen LogP contribution in [0.5, 0.6) is 0 Å². The average Bonchev–Trinajstić information content (AvgIpc) is 2.53. The molecule has 0 aromatic carbocycles. The quantitative estimate of drug-likeness (QED) is 0.647. The van der Waals surface area contributed by atoms with Gasteiger partial charge in [0.2, 0.25) is 6.29 Å². The molecule has 0 saturated heterocycles. The van der Waals surface area contributed by atoms with Crippen LogP contribution < -0.4 is 0 Å². The molecule has 0 bridgehead atoms. The van der Waals surface area contributed by atoms with Gasteiger partial charge < -0.3 is 14.6 Å². The number of rotatable bonds is 2. The van der Waals surface area contributed by atoms with Crippen molar-refractivity contribution in [1.82, 2.24) is 0 Å². The van der Waals surface area contributed by atoms with Crippen molar-refractivity contribution in [3.8, 4) is 0 Å². The second-order valence-electron chi connectivity index (χ2n) is 3.08. The molecular weight excluding hydrogens is 168 g/mol. The second-order valence-corrected chi connectivity index (χ2v) is 3.08. The Morgan fingerprint density at radius 1 is 1.23 bits per heavy atom. The molecule has 2 rings (SSSR count). The third kappa shape index (κ3) is 2.20. The van der Waals surface area contributed by atoms with Crippen molar-refractivity contribution in [2.24, 2.45) is 0 Å². The first-order valence-corrected chi connectivity index (χ1v) is 4.35. The lowest BCUT2D eigenvalue weighted by Crippen LogP contribution is -2.21. The van der Waals surface area contributed by atoms with Gasteiger partial charge in [-0.25, -0.2) is 0 Å². The van der Waals surface area contributed by atoms with Crippen LogP contribution in [0.1, 0.15) is 6.42 Å². The molecule has 1 aliphatic carbocycles. The lowest BCUT2D eigenvalue weighted by Gasteiger charge is -2.19. The summed E-state index contributed by atoms with van der Waals surface area (Å²) in [7, 11) is 0. The van der Waals surface area contributed by atoms with Gasteiger partial charge in [0.25, 0.3) is 0 Å². The van der Waals surface area contributed by atoms with E-state index in [4.69, 9.17) is 9.47 Å². The molecule has 0 spiro atoms. The summed E-state index contributed by atoms with van der Waals surface area (Å²) in [5, 5.41) is 9.19. The Morgan fingerprint density at radius 2 is 2.15 bits per heavy atom. The zero-order valence-corrected chi connectivity index (χ0v) is 7.17. The second kappa shape index (κ2) is 3.77. The number of allylic oxidation sites excluding steroid dienone is 2. The van der Waals surface area contributed by atoms with Crippen molar-refractivity contribution >= 4 is 0 Å². The van der Waals surface area contributed by atoms with E-state index in [-0.39, 0.29) is 18.5 Å². The zero-order valence-electron chi connectivity index (χ0n) is 7.17. The molecule has 0 unspecified atom stereocenters. The van der Waals surface area contributed by atoms with E-state index in [2.05, 4.69) is 0 Å². The molecule has 1 N–H and O–H groups in total. The molecule has 3 atom stereocenters. The van der Waals surface area contributed by atoms with Gasteiger partial charge in [0, 0.05) is 6.42 Å². The molecule has 0 saturated carbocycles. The number of hydrogen-bond donors (Lipinski definition) is 1. The molecule has 1 aliphatic heterocycles. The molecule has 3 heteroatoms. The topological polar surface area (TPSA) is 38.7 Å². The van der Waals surface area contributed by atoms with E-state index in [1.165, 1.54) is 0 Å². The van der Waals surface area contributed by atoms with Crippen LogP contribution in [0.25, 0.3) is 0 Å². The van der Waals surface area contributed by atoms with E-state index >= 15 is 0 Å². The van der Waals surface area contributed by atoms with Crippen LogP contribution >= 0.6 is 0 Å². The van der Waals surface area contributed by atoms with E-state index in [0.29, 0.717) is 6.42 Å². The molecule has 3 nitrogen and oxygen atoms in total. The Balaban J connectivity index is 1.82. The van der Waals surface area contributed by atoms with Gasteiger partial charge in [-0.05, 0) is 12.2 Å². The highest BCUT2D eigenvalue weighted by atomic mass is 16.7. The summed E-state index contributed by atoms with van der Waals surface area (Å²) in [5.41, 5.74) is 0. The predicted molar refractivity (Wildman–Crippen MR) is 47.8 cm³/mol. The summed E-state index contributed by atoms with van der Waals surface area (Å²) in [6.45, 7) is 0. The van der Waals surface area contributed by atoms with Crippen molar-refractivity contribution in [2.75, 3.05) is 0 Å². The first-order valence-electron chi connectivity index (χ1n) is 4.35. The maximum Gasteiger partial charge on any atom is 0.219 e. The molecule has 0 aromatic heterocycles. The first kappa shape index (κ1) is 8.53. The highest BCUT2D eigenvalue weighted by molar-refractivity contribution is 5.08. The van der Waals surface area contributed by atoms with E-state index < -0.39 is 0 Å². The molecule has 13 heavy (non-hydrogen) atoms. The fourth-order valence-electron chi connectivity index (χ4n) is 1.37. The van der Waals surface area contributed by atoms with Crippen LogP contribution in [0.3, 0.4) is 0 Å². The summed E-state index contributed by atoms with van der Waals surface area (Å²) in [6, 6.07) is 0. The van der Waals surface area contributed by atoms with Gasteiger partial charge in [-0.2, -0.15) is 0 Å². The van der Waals surface area contributed by atoms with Crippen LogP contribution in [0.15, 0.2) is 36.6 Å². The van der Waals surface area contributed by atoms with Gasteiger partial charge in [-0.3, -0.25) is 0 Å². The van der Waals surface area contributed by atoms with E-state index in [9.17, 15) is 5.11 Å². The minimum atomic E-state index is -0.367. The van der Waals surface area contributed by atoms with Crippen LogP contribution in [-0.2, 0) is 9.47 Å². The minimum absolute atomic E-state index is 0.0313. The number of ether oxygens (including phenoxy) is 2. The van der Waals surface area contributed by atoms with Gasteiger partial charge in [-0.1, -0.05) is 18.2 Å². The maximum absolute atomic E-state index is 9.19. The summed E-state index contributed by atoms with van der Waals surface area (Å²) in [5.74, 6) is 0. The Kier molecular flexibility index (Phi) is 2.47. The molecular formula is C10H12O3. The molecule has 0 radical (unpaired) electrons. The highest BCUT2D eigenvalue weighted by Gasteiger charge is 2.20. The Labute approximate surface area is 77.0 Å². The lowest BCUT2D eigenvalue weighted by atomic mass is 10.3. The minimum Gasteiger partial charge on any atom is -0.469 e. The van der Waals surface area contributed by atoms with Crippen LogP contribution in [0.2, 0.25) is 0 Å². The number of aliphatic hydroxyl groups is 1. The molecule has 2 aliphatic rings. The van der Waals surface area contributed by atoms with Gasteiger partial charge in [0.1, 0.15) is 0 Å². The smallest absolute Gasteiger partial charge is 0.219 e. The Bertz CT molecular complexity index is 255. The summed E-state index contributed by atoms with van der Waals surface area (Å²) in [4.78, 5) is 0. The average molecular weight is 180 g/mol. The van der Waals surface area contributed by atoms with Crippen molar-refractivity contribution in [3.05, 3.63) is 36.6 Å². The van der Waals surface area contributed by atoms with Crippen molar-refractivity contribution in [2.45, 2.75) is 24.9 Å². The maximum atomic E-state index is 9.19. The third-order valence-corrected chi connectivity index (χ3v) is 2.00. The van der Waals surface area contributed by atoms with Gasteiger partial charge in [-0.15, -0.1) is 0 Å². The summed E-state index contributed by atoms with van der Waals surface area (Å²) < 4.78 is 10.7. The largest absolute Gasteiger partial charge is 0.469 e. The number of hydrogen-bond acceptors (Lipinski definition) is 3. The Hall–Kier alpha value is -1.06. The lowest BCUT2D eigenvalue weighted by molar-refractivity contribution is -0.101. The van der Waals surface area contributed by atoms with E-state index in [1.807, 2.05) is 18.2 Å². The van der Waals surface area contributed by atoms with Crippen LogP contribution in [0.4, 0.5) is 0 Å².